The van der Waals surface area contributed by atoms with E-state index >= 15 is 0 Å². The average molecular weight is 399 g/mol. The van der Waals surface area contributed by atoms with Gasteiger partial charge in [0, 0.05) is 0 Å². The second kappa shape index (κ2) is 7.73. The molecule has 0 aliphatic rings. The fourth-order valence-electron chi connectivity index (χ4n) is 3.70. The minimum absolute atomic E-state index is 0.121. The van der Waals surface area contributed by atoms with Crippen molar-refractivity contribution < 1.29 is 0 Å². The molecule has 0 aliphatic heterocycles. The van der Waals surface area contributed by atoms with Crippen LogP contribution in [0.1, 0.15) is 79.0 Å². The fourth-order valence-corrected chi connectivity index (χ4v) is 3.70. The van der Waals surface area contributed by atoms with Gasteiger partial charge >= 0.3 is 0 Å². The standard InChI is InChI=1S/C30H38/c1-28(2,3)25-15-13-21(14-16-25)22-11-10-12-23(17-22)24-18-26(29(4,5)6)20-27(19-24)30(7,8)9/h10-20H,1-9H3. The number of rotatable bonds is 2. The lowest BCUT2D eigenvalue weighted by atomic mass is 9.79. The first-order chi connectivity index (χ1) is 13.7. The lowest BCUT2D eigenvalue weighted by Crippen LogP contribution is -2.16. The van der Waals surface area contributed by atoms with E-state index in [0.717, 1.165) is 0 Å². The summed E-state index contributed by atoms with van der Waals surface area (Å²) >= 11 is 0. The zero-order valence-corrected chi connectivity index (χ0v) is 20.4. The molecule has 0 heteroatoms. The molecular formula is C30H38. The summed E-state index contributed by atoms with van der Waals surface area (Å²) in [4.78, 5) is 0. The minimum atomic E-state index is 0.121. The van der Waals surface area contributed by atoms with Crippen molar-refractivity contribution in [2.75, 3.05) is 0 Å². The maximum absolute atomic E-state index is 2.39. The molecule has 0 aromatic heterocycles. The van der Waals surface area contributed by atoms with Gasteiger partial charge in [0.15, 0.2) is 0 Å². The van der Waals surface area contributed by atoms with Gasteiger partial charge in [-0.15, -0.1) is 0 Å². The van der Waals surface area contributed by atoms with Crippen LogP contribution in [-0.4, -0.2) is 0 Å². The van der Waals surface area contributed by atoms with Gasteiger partial charge in [0.2, 0.25) is 0 Å². The highest BCUT2D eigenvalue weighted by Gasteiger charge is 2.21. The molecule has 0 spiro atoms. The van der Waals surface area contributed by atoms with Crippen molar-refractivity contribution in [1.82, 2.24) is 0 Å². The third-order valence-corrected chi connectivity index (χ3v) is 5.95. The van der Waals surface area contributed by atoms with Crippen molar-refractivity contribution in [3.63, 3.8) is 0 Å². The highest BCUT2D eigenvalue weighted by atomic mass is 14.3. The van der Waals surface area contributed by atoms with Crippen LogP contribution in [0.3, 0.4) is 0 Å². The number of hydrogen-bond acceptors (Lipinski definition) is 0. The van der Waals surface area contributed by atoms with Crippen molar-refractivity contribution in [1.29, 1.82) is 0 Å². The van der Waals surface area contributed by atoms with Gasteiger partial charge in [0.1, 0.15) is 0 Å². The van der Waals surface area contributed by atoms with E-state index in [-0.39, 0.29) is 16.2 Å². The van der Waals surface area contributed by atoms with Gasteiger partial charge in [0.05, 0.1) is 0 Å². The Morgan fingerprint density at radius 1 is 0.367 bits per heavy atom. The predicted octanol–water partition coefficient (Wildman–Crippen LogP) is 8.91. The van der Waals surface area contributed by atoms with Crippen molar-refractivity contribution in [2.24, 2.45) is 0 Å². The highest BCUT2D eigenvalue weighted by Crippen LogP contribution is 2.35. The highest BCUT2D eigenvalue weighted by molar-refractivity contribution is 5.74. The summed E-state index contributed by atoms with van der Waals surface area (Å²) in [7, 11) is 0. The smallest absolute Gasteiger partial charge is 0.0132 e. The van der Waals surface area contributed by atoms with Gasteiger partial charge < -0.3 is 0 Å². The van der Waals surface area contributed by atoms with E-state index in [4.69, 9.17) is 0 Å². The SMILES string of the molecule is CC(C)(C)c1ccc(-c2cccc(-c3cc(C(C)(C)C)cc(C(C)(C)C)c3)c2)cc1. The summed E-state index contributed by atoms with van der Waals surface area (Å²) in [5.74, 6) is 0. The first kappa shape index (κ1) is 22.3. The summed E-state index contributed by atoms with van der Waals surface area (Å²) < 4.78 is 0. The van der Waals surface area contributed by atoms with Gasteiger partial charge in [-0.2, -0.15) is 0 Å². The van der Waals surface area contributed by atoms with E-state index in [9.17, 15) is 0 Å². The van der Waals surface area contributed by atoms with Crippen LogP contribution in [0, 0.1) is 0 Å². The lowest BCUT2D eigenvalue weighted by molar-refractivity contribution is 0.569. The summed E-state index contributed by atoms with van der Waals surface area (Å²) in [6.45, 7) is 20.6. The van der Waals surface area contributed by atoms with Crippen LogP contribution in [0.5, 0.6) is 0 Å². The third kappa shape index (κ3) is 5.04. The maximum atomic E-state index is 2.39. The molecule has 0 amide bonds. The van der Waals surface area contributed by atoms with Gasteiger partial charge in [0.25, 0.3) is 0 Å². The Hall–Kier alpha value is -2.34. The van der Waals surface area contributed by atoms with Crippen LogP contribution in [0.2, 0.25) is 0 Å². The second-order valence-corrected chi connectivity index (χ2v) is 11.7. The summed E-state index contributed by atoms with van der Waals surface area (Å²) in [6.07, 6.45) is 0. The number of benzene rings is 3. The first-order valence-corrected chi connectivity index (χ1v) is 11.1. The number of hydrogen-bond donors (Lipinski definition) is 0. The molecule has 0 saturated heterocycles. The Labute approximate surface area is 184 Å². The van der Waals surface area contributed by atoms with Crippen molar-refractivity contribution >= 4 is 0 Å². The van der Waals surface area contributed by atoms with Gasteiger partial charge in [-0.3, -0.25) is 0 Å². The zero-order chi connectivity index (χ0) is 22.3. The lowest BCUT2D eigenvalue weighted by Gasteiger charge is -2.26. The normalized spacial score (nSPS) is 12.8. The average Bonchev–Trinajstić information content (AvgIpc) is 2.66. The van der Waals surface area contributed by atoms with E-state index in [1.54, 1.807) is 0 Å². The molecule has 3 aromatic rings. The molecular weight excluding hydrogens is 360 g/mol. The molecule has 0 nitrogen and oxygen atoms in total. The van der Waals surface area contributed by atoms with Crippen LogP contribution in [0.15, 0.2) is 66.7 Å². The monoisotopic (exact) mass is 398 g/mol. The van der Waals surface area contributed by atoms with E-state index in [0.29, 0.717) is 0 Å². The Balaban J connectivity index is 2.08. The van der Waals surface area contributed by atoms with Crippen LogP contribution >= 0.6 is 0 Å². The predicted molar refractivity (Wildman–Crippen MR) is 133 cm³/mol. The maximum Gasteiger partial charge on any atom is -0.0132 e. The quantitative estimate of drug-likeness (QED) is 0.404. The molecule has 3 rings (SSSR count). The largest absolute Gasteiger partial charge is 0.0610 e. The van der Waals surface area contributed by atoms with Crippen LogP contribution in [0.25, 0.3) is 22.3 Å². The van der Waals surface area contributed by atoms with E-state index in [1.807, 2.05) is 0 Å². The third-order valence-electron chi connectivity index (χ3n) is 5.95. The summed E-state index contributed by atoms with van der Waals surface area (Å²) in [5.41, 5.74) is 9.71. The summed E-state index contributed by atoms with van der Waals surface area (Å²) in [6, 6.07) is 25.1. The molecule has 0 heterocycles. The zero-order valence-electron chi connectivity index (χ0n) is 20.4. The van der Waals surface area contributed by atoms with Gasteiger partial charge in [-0.25, -0.2) is 0 Å². The molecule has 0 fully saturated rings. The van der Waals surface area contributed by atoms with Crippen molar-refractivity contribution in [3.8, 4) is 22.3 Å². The van der Waals surface area contributed by atoms with Gasteiger partial charge in [-0.05, 0) is 61.3 Å². The molecule has 0 saturated carbocycles. The van der Waals surface area contributed by atoms with Crippen molar-refractivity contribution in [2.45, 2.75) is 78.6 Å². The molecule has 0 atom stereocenters. The fraction of sp³-hybridized carbons (Fsp3) is 0.400. The first-order valence-electron chi connectivity index (χ1n) is 11.1. The van der Waals surface area contributed by atoms with E-state index in [2.05, 4.69) is 129 Å². The Morgan fingerprint density at radius 3 is 1.23 bits per heavy atom. The Bertz CT molecular complexity index is 981. The molecule has 0 radical (unpaired) electrons. The molecule has 158 valence electrons. The van der Waals surface area contributed by atoms with E-state index in [1.165, 1.54) is 38.9 Å². The molecule has 0 N–H and O–H groups in total. The summed E-state index contributed by atoms with van der Waals surface area (Å²) in [5, 5.41) is 0. The van der Waals surface area contributed by atoms with E-state index < -0.39 is 0 Å². The van der Waals surface area contributed by atoms with Crippen LogP contribution < -0.4 is 0 Å². The molecule has 3 aromatic carbocycles. The minimum Gasteiger partial charge on any atom is -0.0610 e. The molecule has 0 bridgehead atoms. The molecule has 0 aliphatic carbocycles. The molecule has 0 unspecified atom stereocenters. The van der Waals surface area contributed by atoms with Crippen LogP contribution in [0.4, 0.5) is 0 Å². The Morgan fingerprint density at radius 2 is 0.800 bits per heavy atom. The Kier molecular flexibility index (Phi) is 5.76. The second-order valence-electron chi connectivity index (χ2n) is 11.7. The van der Waals surface area contributed by atoms with Crippen molar-refractivity contribution in [3.05, 3.63) is 83.4 Å². The molecule has 30 heavy (non-hydrogen) atoms. The van der Waals surface area contributed by atoms with Gasteiger partial charge in [-0.1, -0.05) is 123 Å². The topological polar surface area (TPSA) is 0 Å². The van der Waals surface area contributed by atoms with Crippen LogP contribution in [-0.2, 0) is 16.2 Å².